The van der Waals surface area contributed by atoms with Crippen molar-refractivity contribution in [1.29, 1.82) is 0 Å². The molecule has 0 bridgehead atoms. The lowest BCUT2D eigenvalue weighted by atomic mass is 9.91. The zero-order valence-corrected chi connectivity index (χ0v) is 20.7. The smallest absolute Gasteiger partial charge is 0.234 e. The summed E-state index contributed by atoms with van der Waals surface area (Å²) in [7, 11) is 0. The van der Waals surface area contributed by atoms with Gasteiger partial charge < -0.3 is 0 Å². The molecule has 2 aromatic carbocycles. The summed E-state index contributed by atoms with van der Waals surface area (Å²) in [6.45, 7) is 0. The molecule has 0 saturated heterocycles. The lowest BCUT2D eigenvalue weighted by Gasteiger charge is -2.35. The van der Waals surface area contributed by atoms with E-state index in [1.54, 1.807) is 36.7 Å². The average Bonchev–Trinajstić information content (AvgIpc) is 3.76. The maximum atomic E-state index is 13.2. The Hall–Kier alpha value is -5.14. The summed E-state index contributed by atoms with van der Waals surface area (Å²) in [5.41, 5.74) is -2.19. The Balaban J connectivity index is 1.55. The van der Waals surface area contributed by atoms with Crippen LogP contribution >= 0.6 is 0 Å². The van der Waals surface area contributed by atoms with Crippen LogP contribution in [0.15, 0.2) is 110 Å². The second-order valence-corrected chi connectivity index (χ2v) is 8.93. The molecular weight excluding hydrogens is 550 g/mol. The van der Waals surface area contributed by atoms with Crippen molar-refractivity contribution in [2.45, 2.75) is 18.0 Å². The van der Waals surface area contributed by atoms with Crippen molar-refractivity contribution in [2.24, 2.45) is 0 Å². The summed E-state index contributed by atoms with van der Waals surface area (Å²) in [6.07, 6.45) is -3.80. The van der Waals surface area contributed by atoms with E-state index in [4.69, 9.17) is 0 Å². The summed E-state index contributed by atoms with van der Waals surface area (Å²) >= 11 is 0. The van der Waals surface area contributed by atoms with Gasteiger partial charge in [-0.05, 0) is 12.1 Å². The van der Waals surface area contributed by atoms with E-state index in [2.05, 4.69) is 20.4 Å². The topological polar surface area (TPSA) is 71.3 Å². The van der Waals surface area contributed by atoms with Gasteiger partial charge in [-0.15, -0.1) is 0 Å². The Kier molecular flexibility index (Phi) is 6.05. The molecule has 0 aliphatic carbocycles. The van der Waals surface area contributed by atoms with Crippen molar-refractivity contribution in [1.82, 2.24) is 39.1 Å². The molecule has 0 saturated carbocycles. The van der Waals surface area contributed by atoms with Crippen LogP contribution in [0.25, 0.3) is 11.6 Å². The van der Waals surface area contributed by atoms with Gasteiger partial charge in [0.15, 0.2) is 23.0 Å². The molecule has 8 nitrogen and oxygen atoms in total. The summed E-state index contributed by atoms with van der Waals surface area (Å²) in [6, 6.07) is 22.8. The van der Waals surface area contributed by atoms with E-state index in [0.717, 1.165) is 33.9 Å². The van der Waals surface area contributed by atoms with Gasteiger partial charge in [-0.25, -0.2) is 18.7 Å². The number of benzene rings is 2. The third-order valence-corrected chi connectivity index (χ3v) is 6.39. The first kappa shape index (κ1) is 26.1. The summed E-state index contributed by atoms with van der Waals surface area (Å²) in [5, 5.41) is 16.5. The zero-order chi connectivity index (χ0) is 28.8. The van der Waals surface area contributed by atoms with Crippen LogP contribution in [0.1, 0.15) is 22.5 Å². The van der Waals surface area contributed by atoms with Crippen molar-refractivity contribution in [3.8, 4) is 11.6 Å². The van der Waals surface area contributed by atoms with Gasteiger partial charge in [-0.2, -0.15) is 46.7 Å². The Morgan fingerprint density at radius 3 is 1.17 bits per heavy atom. The molecule has 6 aromatic rings. The molecule has 0 fully saturated rings. The molecule has 0 N–H and O–H groups in total. The monoisotopic (exact) mass is 568 g/mol. The molecule has 0 unspecified atom stereocenters. The first-order valence-corrected chi connectivity index (χ1v) is 12.1. The number of halogens is 6. The average molecular weight is 568 g/mol. The van der Waals surface area contributed by atoms with Gasteiger partial charge in [0.05, 0.1) is 0 Å². The molecule has 0 radical (unpaired) electrons. The fourth-order valence-electron chi connectivity index (χ4n) is 4.58. The highest BCUT2D eigenvalue weighted by molar-refractivity contribution is 5.41. The predicted molar refractivity (Wildman–Crippen MR) is 133 cm³/mol. The van der Waals surface area contributed by atoms with Gasteiger partial charge in [-0.1, -0.05) is 60.7 Å². The van der Waals surface area contributed by atoms with Crippen molar-refractivity contribution >= 4 is 0 Å². The molecule has 4 aromatic heterocycles. The van der Waals surface area contributed by atoms with E-state index in [9.17, 15) is 26.3 Å². The van der Waals surface area contributed by atoms with Gasteiger partial charge in [0.1, 0.15) is 0 Å². The molecule has 0 aliphatic heterocycles. The Labute approximate surface area is 227 Å². The minimum absolute atomic E-state index is 0.103. The molecule has 41 heavy (non-hydrogen) atoms. The van der Waals surface area contributed by atoms with Crippen molar-refractivity contribution in [3.63, 3.8) is 0 Å². The maximum absolute atomic E-state index is 13.2. The first-order chi connectivity index (χ1) is 19.6. The number of alkyl halides is 6. The highest BCUT2D eigenvalue weighted by Crippen LogP contribution is 2.36. The van der Waals surface area contributed by atoms with Gasteiger partial charge in [0, 0.05) is 48.0 Å². The minimum atomic E-state index is -4.63. The van der Waals surface area contributed by atoms with E-state index >= 15 is 0 Å². The number of nitrogens with zero attached hydrogens (tertiary/aromatic N) is 8. The van der Waals surface area contributed by atoms with Crippen LogP contribution in [0, 0.1) is 0 Å². The lowest BCUT2D eigenvalue weighted by molar-refractivity contribution is -0.142. The van der Waals surface area contributed by atoms with Gasteiger partial charge >= 0.3 is 12.4 Å². The minimum Gasteiger partial charge on any atom is -0.234 e. The van der Waals surface area contributed by atoms with E-state index in [1.165, 1.54) is 21.5 Å². The van der Waals surface area contributed by atoms with Crippen LogP contribution < -0.4 is 0 Å². The molecule has 4 heterocycles. The summed E-state index contributed by atoms with van der Waals surface area (Å²) in [4.78, 5) is 0. The fourth-order valence-corrected chi connectivity index (χ4v) is 4.58. The molecular formula is C27H18F6N8. The summed E-state index contributed by atoms with van der Waals surface area (Å²) in [5.74, 6) is 0.206. The molecule has 14 heteroatoms. The SMILES string of the molecule is FC(F)(F)c1ccn(-c2ccn(C(c3ccccc3)(c3ccccc3)n3ccc(-n4ccc(C(F)(F)F)n4)n3)n2)n1. The lowest BCUT2D eigenvalue weighted by Crippen LogP contribution is -2.44. The molecule has 208 valence electrons. The van der Waals surface area contributed by atoms with Crippen LogP contribution in [0.4, 0.5) is 26.3 Å². The Bertz CT molecular complexity index is 1650. The number of hydrogen-bond donors (Lipinski definition) is 0. The van der Waals surface area contributed by atoms with E-state index in [0.29, 0.717) is 11.1 Å². The predicted octanol–water partition coefficient (Wildman–Crippen LogP) is 5.79. The standard InChI is InChI=1S/C27H18F6N8/c28-26(29,30)21-11-15-38(34-21)23-13-17-40(36-23)25(19-7-3-1-4-8-19,20-9-5-2-6-10-20)41-18-14-24(37-41)39-16-12-22(35-39)27(31,32)33/h1-18H. The van der Waals surface area contributed by atoms with Gasteiger partial charge in [-0.3, -0.25) is 0 Å². The largest absolute Gasteiger partial charge is 0.435 e. The fraction of sp³-hybridized carbons (Fsp3) is 0.111. The maximum Gasteiger partial charge on any atom is 0.435 e. The molecule has 0 spiro atoms. The van der Waals surface area contributed by atoms with E-state index < -0.39 is 29.4 Å². The van der Waals surface area contributed by atoms with Gasteiger partial charge in [0.25, 0.3) is 0 Å². The van der Waals surface area contributed by atoms with Crippen molar-refractivity contribution < 1.29 is 26.3 Å². The second-order valence-electron chi connectivity index (χ2n) is 8.93. The number of rotatable bonds is 6. The van der Waals surface area contributed by atoms with Crippen LogP contribution in [0.5, 0.6) is 0 Å². The Morgan fingerprint density at radius 2 is 0.829 bits per heavy atom. The van der Waals surface area contributed by atoms with Crippen LogP contribution in [0.3, 0.4) is 0 Å². The number of hydrogen-bond acceptors (Lipinski definition) is 4. The second kappa shape index (κ2) is 9.50. The molecule has 0 atom stereocenters. The van der Waals surface area contributed by atoms with Gasteiger partial charge in [0.2, 0.25) is 5.66 Å². The normalized spacial score (nSPS) is 12.6. The van der Waals surface area contributed by atoms with Crippen molar-refractivity contribution in [3.05, 3.63) is 132 Å². The van der Waals surface area contributed by atoms with Crippen LogP contribution in [-0.4, -0.2) is 39.1 Å². The van der Waals surface area contributed by atoms with E-state index in [-0.39, 0.29) is 11.6 Å². The van der Waals surface area contributed by atoms with E-state index in [1.807, 2.05) is 36.4 Å². The first-order valence-electron chi connectivity index (χ1n) is 12.1. The Morgan fingerprint density at radius 1 is 0.439 bits per heavy atom. The highest BCUT2D eigenvalue weighted by Gasteiger charge is 2.41. The molecule has 0 aliphatic rings. The van der Waals surface area contributed by atoms with Crippen LogP contribution in [-0.2, 0) is 18.0 Å². The highest BCUT2D eigenvalue weighted by atomic mass is 19.4. The molecule has 6 rings (SSSR count). The third kappa shape index (κ3) is 4.56. The summed E-state index contributed by atoms with van der Waals surface area (Å²) < 4.78 is 84.3. The zero-order valence-electron chi connectivity index (χ0n) is 20.7. The quantitative estimate of drug-likeness (QED) is 0.239. The number of aromatic nitrogens is 8. The third-order valence-electron chi connectivity index (χ3n) is 6.39. The van der Waals surface area contributed by atoms with Crippen molar-refractivity contribution in [2.75, 3.05) is 0 Å². The molecule has 0 amide bonds. The van der Waals surface area contributed by atoms with Crippen LogP contribution in [0.2, 0.25) is 0 Å².